The van der Waals surface area contributed by atoms with E-state index < -0.39 is 11.6 Å². The largest absolute Gasteiger partial charge is 0.346 e. The molecule has 0 spiro atoms. The first kappa shape index (κ1) is 17.3. The number of aliphatic imine (C=N–C) groups is 1. The standard InChI is InChI=1S/C19H17F2N5O/c1-2-10-6-7-11(8-22-10)24-18-16-14(9-23-19(16)27)25-17(26-18)15-12(20)4-3-5-13(15)21/h3-5,7-8,10H,2,6,9H2,1H3,(H,23,27)(H,24,25,26). The summed E-state index contributed by atoms with van der Waals surface area (Å²) in [5.74, 6) is -1.75. The molecule has 3 heterocycles. The van der Waals surface area contributed by atoms with Crippen LogP contribution in [0.4, 0.5) is 14.6 Å². The lowest BCUT2D eigenvalue weighted by molar-refractivity contribution is 0.0966. The van der Waals surface area contributed by atoms with Gasteiger partial charge in [-0.2, -0.15) is 0 Å². The Morgan fingerprint density at radius 2 is 2.00 bits per heavy atom. The van der Waals surface area contributed by atoms with E-state index in [1.165, 1.54) is 6.07 Å². The van der Waals surface area contributed by atoms with Crippen molar-refractivity contribution in [2.75, 3.05) is 5.32 Å². The molecule has 0 radical (unpaired) electrons. The second-order valence-electron chi connectivity index (χ2n) is 6.36. The minimum absolute atomic E-state index is 0.108. The first-order valence-electron chi connectivity index (χ1n) is 8.70. The van der Waals surface area contributed by atoms with E-state index in [-0.39, 0.29) is 41.3 Å². The van der Waals surface area contributed by atoms with Crippen molar-refractivity contribution in [3.8, 4) is 11.4 Å². The molecule has 8 heteroatoms. The Morgan fingerprint density at radius 1 is 1.22 bits per heavy atom. The zero-order valence-corrected chi connectivity index (χ0v) is 14.6. The third kappa shape index (κ3) is 3.18. The Balaban J connectivity index is 1.77. The highest BCUT2D eigenvalue weighted by atomic mass is 19.1. The van der Waals surface area contributed by atoms with Gasteiger partial charge in [0.2, 0.25) is 0 Å². The van der Waals surface area contributed by atoms with Crippen molar-refractivity contribution in [2.45, 2.75) is 32.4 Å². The molecule has 0 saturated heterocycles. The van der Waals surface area contributed by atoms with Gasteiger partial charge in [0.25, 0.3) is 5.91 Å². The molecule has 0 saturated carbocycles. The first-order chi connectivity index (χ1) is 13.1. The zero-order valence-electron chi connectivity index (χ0n) is 14.6. The fourth-order valence-electron chi connectivity index (χ4n) is 3.09. The number of nitrogens with zero attached hydrogens (tertiary/aromatic N) is 3. The summed E-state index contributed by atoms with van der Waals surface area (Å²) in [6.45, 7) is 2.24. The summed E-state index contributed by atoms with van der Waals surface area (Å²) in [7, 11) is 0. The van der Waals surface area contributed by atoms with Crippen LogP contribution in [0.1, 0.15) is 35.8 Å². The number of allylic oxidation sites excluding steroid dienone is 1. The number of carbonyl (C=O) groups excluding carboxylic acids is 1. The normalized spacial score (nSPS) is 18.1. The van der Waals surface area contributed by atoms with Crippen molar-refractivity contribution in [2.24, 2.45) is 4.99 Å². The van der Waals surface area contributed by atoms with Crippen LogP contribution in [0, 0.1) is 11.6 Å². The van der Waals surface area contributed by atoms with Crippen LogP contribution in [-0.2, 0) is 6.54 Å². The lowest BCUT2D eigenvalue weighted by atomic mass is 10.1. The lowest BCUT2D eigenvalue weighted by Crippen LogP contribution is -2.17. The molecule has 2 aromatic rings. The fraction of sp³-hybridized carbons (Fsp3) is 0.263. The van der Waals surface area contributed by atoms with Crippen LogP contribution in [0.25, 0.3) is 11.4 Å². The summed E-state index contributed by atoms with van der Waals surface area (Å²) in [4.78, 5) is 25.1. The predicted molar refractivity (Wildman–Crippen MR) is 97.4 cm³/mol. The number of anilines is 1. The van der Waals surface area contributed by atoms with Gasteiger partial charge in [-0.05, 0) is 25.0 Å². The van der Waals surface area contributed by atoms with Crippen LogP contribution in [0.5, 0.6) is 0 Å². The smallest absolute Gasteiger partial charge is 0.257 e. The van der Waals surface area contributed by atoms with Gasteiger partial charge in [0.05, 0.1) is 29.5 Å². The minimum Gasteiger partial charge on any atom is -0.346 e. The third-order valence-electron chi connectivity index (χ3n) is 4.58. The van der Waals surface area contributed by atoms with Crippen LogP contribution < -0.4 is 10.6 Å². The minimum atomic E-state index is -0.762. The zero-order chi connectivity index (χ0) is 19.0. The molecular formula is C19H17F2N5O. The number of dihydropyridines is 1. The van der Waals surface area contributed by atoms with Crippen molar-refractivity contribution in [1.82, 2.24) is 15.3 Å². The number of amides is 1. The van der Waals surface area contributed by atoms with E-state index in [1.807, 2.05) is 6.08 Å². The highest BCUT2D eigenvalue weighted by Gasteiger charge is 2.28. The van der Waals surface area contributed by atoms with Crippen molar-refractivity contribution >= 4 is 17.9 Å². The van der Waals surface area contributed by atoms with Crippen molar-refractivity contribution in [3.05, 3.63) is 52.9 Å². The number of hydrogen-bond acceptors (Lipinski definition) is 5. The number of aromatic nitrogens is 2. The summed E-state index contributed by atoms with van der Waals surface area (Å²) in [5, 5.41) is 5.72. The molecule has 0 aliphatic carbocycles. The highest BCUT2D eigenvalue weighted by molar-refractivity contribution is 6.03. The highest BCUT2D eigenvalue weighted by Crippen LogP contribution is 2.29. The molecule has 1 unspecified atom stereocenters. The monoisotopic (exact) mass is 369 g/mol. The Morgan fingerprint density at radius 3 is 2.67 bits per heavy atom. The molecule has 1 amide bonds. The number of nitrogens with one attached hydrogen (secondary N) is 2. The first-order valence-corrected chi connectivity index (χ1v) is 8.70. The van der Waals surface area contributed by atoms with Gasteiger partial charge in [-0.3, -0.25) is 9.79 Å². The molecule has 2 N–H and O–H groups in total. The van der Waals surface area contributed by atoms with Crippen LogP contribution in [0.2, 0.25) is 0 Å². The molecule has 6 nitrogen and oxygen atoms in total. The van der Waals surface area contributed by atoms with E-state index in [9.17, 15) is 13.6 Å². The Hall–Kier alpha value is -3.16. The Bertz CT molecular complexity index is 966. The molecule has 138 valence electrons. The van der Waals surface area contributed by atoms with Gasteiger partial charge in [0, 0.05) is 6.21 Å². The average molecular weight is 369 g/mol. The van der Waals surface area contributed by atoms with E-state index in [0.717, 1.165) is 25.0 Å². The number of hydrogen-bond donors (Lipinski definition) is 2. The topological polar surface area (TPSA) is 79.3 Å². The van der Waals surface area contributed by atoms with Crippen LogP contribution in [0.15, 0.2) is 35.0 Å². The van der Waals surface area contributed by atoms with Crippen molar-refractivity contribution in [3.63, 3.8) is 0 Å². The van der Waals surface area contributed by atoms with Gasteiger partial charge in [0.1, 0.15) is 23.0 Å². The molecule has 1 atom stereocenters. The average Bonchev–Trinajstić information content (AvgIpc) is 3.03. The Kier molecular flexibility index (Phi) is 4.39. The van der Waals surface area contributed by atoms with Gasteiger partial charge in [-0.15, -0.1) is 0 Å². The molecule has 0 bridgehead atoms. The summed E-state index contributed by atoms with van der Waals surface area (Å²) < 4.78 is 28.4. The van der Waals surface area contributed by atoms with Crippen LogP contribution in [0.3, 0.4) is 0 Å². The van der Waals surface area contributed by atoms with Gasteiger partial charge in [-0.25, -0.2) is 18.7 Å². The molecule has 1 aromatic carbocycles. The molecule has 2 aliphatic rings. The van der Waals surface area contributed by atoms with E-state index in [2.05, 4.69) is 32.5 Å². The molecule has 0 fully saturated rings. The number of benzene rings is 1. The molecule has 2 aliphatic heterocycles. The second kappa shape index (κ2) is 6.86. The number of fused-ring (bicyclic) bond motifs is 1. The van der Waals surface area contributed by atoms with E-state index in [4.69, 9.17) is 0 Å². The summed E-state index contributed by atoms with van der Waals surface area (Å²) >= 11 is 0. The van der Waals surface area contributed by atoms with Crippen molar-refractivity contribution in [1.29, 1.82) is 0 Å². The van der Waals surface area contributed by atoms with Gasteiger partial charge >= 0.3 is 0 Å². The quantitative estimate of drug-likeness (QED) is 0.867. The van der Waals surface area contributed by atoms with Crippen LogP contribution in [-0.4, -0.2) is 28.1 Å². The summed E-state index contributed by atoms with van der Waals surface area (Å²) in [6, 6.07) is 3.80. The third-order valence-corrected chi connectivity index (χ3v) is 4.58. The molecule has 27 heavy (non-hydrogen) atoms. The van der Waals surface area contributed by atoms with Gasteiger partial charge in [0.15, 0.2) is 5.82 Å². The van der Waals surface area contributed by atoms with E-state index in [0.29, 0.717) is 11.4 Å². The van der Waals surface area contributed by atoms with E-state index in [1.54, 1.807) is 6.21 Å². The van der Waals surface area contributed by atoms with E-state index >= 15 is 0 Å². The fourth-order valence-corrected chi connectivity index (χ4v) is 3.09. The molecule has 1 aromatic heterocycles. The SMILES string of the molecule is CCC1CC=C(Nc2nc(-c3c(F)cccc3F)nc3c2C(=O)NC3)C=N1. The second-order valence-corrected chi connectivity index (χ2v) is 6.36. The maximum atomic E-state index is 14.2. The Labute approximate surface area is 154 Å². The molecule has 4 rings (SSSR count). The van der Waals surface area contributed by atoms with Crippen molar-refractivity contribution < 1.29 is 13.6 Å². The number of rotatable bonds is 4. The number of halogens is 2. The maximum Gasteiger partial charge on any atom is 0.257 e. The number of carbonyl (C=O) groups is 1. The predicted octanol–water partition coefficient (Wildman–Crippen LogP) is 3.21. The summed E-state index contributed by atoms with van der Waals surface area (Å²) in [6.07, 6.45) is 5.35. The lowest BCUT2D eigenvalue weighted by Gasteiger charge is -2.16. The molecular weight excluding hydrogens is 352 g/mol. The van der Waals surface area contributed by atoms with Gasteiger partial charge in [-0.1, -0.05) is 19.1 Å². The van der Waals surface area contributed by atoms with Gasteiger partial charge < -0.3 is 10.6 Å². The maximum absolute atomic E-state index is 14.2. The van der Waals surface area contributed by atoms with Crippen LogP contribution >= 0.6 is 0 Å². The summed E-state index contributed by atoms with van der Waals surface area (Å²) in [5.41, 5.74) is 1.04.